The zero-order valence-corrected chi connectivity index (χ0v) is 17.9. The number of nitrogens with zero attached hydrogens (tertiary/aromatic N) is 2. The molecule has 0 saturated heterocycles. The van der Waals surface area contributed by atoms with Crippen LogP contribution in [0.5, 0.6) is 0 Å². The number of amides is 3. The standard InChI is InChI=1S/C24H19ClN4O3/c1-15(30)27-18-9-11-19(12-10-18)28-22-21(16-5-7-17(25)8-6-16)23(31)29(24(22)32)14-20-4-2-3-13-26-20/h2-13,28H,14H2,1H3,(H,27,30). The summed E-state index contributed by atoms with van der Waals surface area (Å²) >= 11 is 6.00. The number of hydrogen-bond acceptors (Lipinski definition) is 5. The van der Waals surface area contributed by atoms with Crippen molar-refractivity contribution in [1.29, 1.82) is 0 Å². The number of nitrogens with one attached hydrogen (secondary N) is 2. The number of hydrogen-bond donors (Lipinski definition) is 2. The van der Waals surface area contributed by atoms with Crippen LogP contribution >= 0.6 is 11.6 Å². The van der Waals surface area contributed by atoms with Crippen LogP contribution in [0.4, 0.5) is 11.4 Å². The largest absolute Gasteiger partial charge is 0.350 e. The van der Waals surface area contributed by atoms with Gasteiger partial charge in [0.1, 0.15) is 5.70 Å². The van der Waals surface area contributed by atoms with Crippen LogP contribution in [-0.2, 0) is 20.9 Å². The van der Waals surface area contributed by atoms with Crippen molar-refractivity contribution in [2.75, 3.05) is 10.6 Å². The van der Waals surface area contributed by atoms with Gasteiger partial charge in [0.25, 0.3) is 11.8 Å². The Morgan fingerprint density at radius 2 is 1.62 bits per heavy atom. The molecule has 32 heavy (non-hydrogen) atoms. The molecule has 0 fully saturated rings. The number of rotatable bonds is 6. The van der Waals surface area contributed by atoms with Gasteiger partial charge < -0.3 is 10.6 Å². The van der Waals surface area contributed by atoms with Gasteiger partial charge in [-0.25, -0.2) is 0 Å². The van der Waals surface area contributed by atoms with E-state index < -0.39 is 11.8 Å². The lowest BCUT2D eigenvalue weighted by Crippen LogP contribution is -2.32. The molecule has 4 rings (SSSR count). The molecule has 0 unspecified atom stereocenters. The van der Waals surface area contributed by atoms with Crippen molar-refractivity contribution < 1.29 is 14.4 Å². The first kappa shape index (κ1) is 21.3. The molecule has 7 nitrogen and oxygen atoms in total. The summed E-state index contributed by atoms with van der Waals surface area (Å²) in [6, 6.07) is 18.9. The zero-order chi connectivity index (χ0) is 22.7. The van der Waals surface area contributed by atoms with Crippen LogP contribution in [0.2, 0.25) is 5.02 Å². The number of aromatic nitrogens is 1. The molecule has 2 heterocycles. The van der Waals surface area contributed by atoms with E-state index in [1.165, 1.54) is 11.8 Å². The van der Waals surface area contributed by atoms with Crippen LogP contribution in [0, 0.1) is 0 Å². The Morgan fingerprint density at radius 1 is 0.938 bits per heavy atom. The highest BCUT2D eigenvalue weighted by Gasteiger charge is 2.39. The summed E-state index contributed by atoms with van der Waals surface area (Å²) in [6.07, 6.45) is 1.61. The fraction of sp³-hybridized carbons (Fsp3) is 0.0833. The average molecular weight is 447 g/mol. The minimum absolute atomic E-state index is 0.0578. The topological polar surface area (TPSA) is 91.4 Å². The number of pyridine rings is 1. The summed E-state index contributed by atoms with van der Waals surface area (Å²) in [5.74, 6) is -1.04. The van der Waals surface area contributed by atoms with E-state index in [1.807, 2.05) is 0 Å². The van der Waals surface area contributed by atoms with Crippen LogP contribution in [0.1, 0.15) is 18.2 Å². The molecule has 2 N–H and O–H groups in total. The maximum atomic E-state index is 13.3. The number of carbonyl (C=O) groups is 3. The third-order valence-electron chi connectivity index (χ3n) is 4.82. The molecule has 1 aliphatic rings. The minimum atomic E-state index is -0.448. The molecule has 2 aromatic carbocycles. The number of benzene rings is 2. The lowest BCUT2D eigenvalue weighted by Gasteiger charge is -2.15. The van der Waals surface area contributed by atoms with Crippen LogP contribution in [0.3, 0.4) is 0 Å². The Balaban J connectivity index is 1.68. The fourth-order valence-electron chi connectivity index (χ4n) is 3.36. The summed E-state index contributed by atoms with van der Waals surface area (Å²) in [7, 11) is 0. The van der Waals surface area contributed by atoms with Gasteiger partial charge in [-0.1, -0.05) is 29.8 Å². The predicted molar refractivity (Wildman–Crippen MR) is 123 cm³/mol. The van der Waals surface area contributed by atoms with Gasteiger partial charge in [0, 0.05) is 29.5 Å². The lowest BCUT2D eigenvalue weighted by molar-refractivity contribution is -0.137. The molecule has 0 radical (unpaired) electrons. The highest BCUT2D eigenvalue weighted by atomic mass is 35.5. The molecule has 0 atom stereocenters. The van der Waals surface area contributed by atoms with E-state index in [0.29, 0.717) is 27.7 Å². The normalized spacial score (nSPS) is 13.5. The first-order valence-electron chi connectivity index (χ1n) is 9.83. The summed E-state index contributed by atoms with van der Waals surface area (Å²) in [6.45, 7) is 1.48. The summed E-state index contributed by atoms with van der Waals surface area (Å²) in [4.78, 5) is 43.2. The minimum Gasteiger partial charge on any atom is -0.350 e. The number of anilines is 2. The molecule has 3 amide bonds. The maximum absolute atomic E-state index is 13.3. The van der Waals surface area contributed by atoms with Crippen LogP contribution < -0.4 is 10.6 Å². The van der Waals surface area contributed by atoms with E-state index >= 15 is 0 Å². The first-order chi connectivity index (χ1) is 15.4. The van der Waals surface area contributed by atoms with Gasteiger partial charge in [0.15, 0.2) is 0 Å². The molecular weight excluding hydrogens is 428 g/mol. The molecule has 1 aliphatic heterocycles. The van der Waals surface area contributed by atoms with Gasteiger partial charge in [-0.3, -0.25) is 24.3 Å². The van der Waals surface area contributed by atoms with Gasteiger partial charge in [-0.15, -0.1) is 0 Å². The quantitative estimate of drug-likeness (QED) is 0.556. The van der Waals surface area contributed by atoms with E-state index in [9.17, 15) is 14.4 Å². The van der Waals surface area contributed by atoms with E-state index in [4.69, 9.17) is 11.6 Å². The van der Waals surface area contributed by atoms with Gasteiger partial charge in [-0.05, 0) is 54.1 Å². The van der Waals surface area contributed by atoms with Gasteiger partial charge in [0.05, 0.1) is 17.8 Å². The van der Waals surface area contributed by atoms with Gasteiger partial charge in [-0.2, -0.15) is 0 Å². The monoisotopic (exact) mass is 446 g/mol. The van der Waals surface area contributed by atoms with Crippen molar-refractivity contribution in [3.05, 3.63) is 94.9 Å². The van der Waals surface area contributed by atoms with Crippen LogP contribution in [0.15, 0.2) is 78.6 Å². The second-order valence-corrected chi connectivity index (χ2v) is 7.59. The lowest BCUT2D eigenvalue weighted by atomic mass is 10.0. The zero-order valence-electron chi connectivity index (χ0n) is 17.1. The molecule has 3 aromatic rings. The smallest absolute Gasteiger partial charge is 0.278 e. The van der Waals surface area contributed by atoms with Crippen molar-refractivity contribution in [3.8, 4) is 0 Å². The summed E-state index contributed by atoms with van der Waals surface area (Å²) in [5, 5.41) is 6.30. The second kappa shape index (κ2) is 9.03. The SMILES string of the molecule is CC(=O)Nc1ccc(NC2=C(c3ccc(Cl)cc3)C(=O)N(Cc3ccccn3)C2=O)cc1. The third-order valence-corrected chi connectivity index (χ3v) is 5.07. The van der Waals surface area contributed by atoms with Crippen molar-refractivity contribution in [2.24, 2.45) is 0 Å². The third kappa shape index (κ3) is 4.53. The molecule has 1 aromatic heterocycles. The molecule has 0 spiro atoms. The van der Waals surface area contributed by atoms with Crippen molar-refractivity contribution in [2.45, 2.75) is 13.5 Å². The molecule has 8 heteroatoms. The Hall–Kier alpha value is -3.97. The van der Waals surface area contributed by atoms with E-state index in [2.05, 4.69) is 15.6 Å². The molecule has 0 saturated carbocycles. The van der Waals surface area contributed by atoms with Crippen molar-refractivity contribution in [3.63, 3.8) is 0 Å². The molecule has 0 bridgehead atoms. The van der Waals surface area contributed by atoms with Crippen molar-refractivity contribution >= 4 is 46.3 Å². The fourth-order valence-corrected chi connectivity index (χ4v) is 3.48. The predicted octanol–water partition coefficient (Wildman–Crippen LogP) is 4.09. The molecule has 160 valence electrons. The highest BCUT2D eigenvalue weighted by Crippen LogP contribution is 2.32. The molecular formula is C24H19ClN4O3. The van der Waals surface area contributed by atoms with Crippen LogP contribution in [0.25, 0.3) is 5.57 Å². The first-order valence-corrected chi connectivity index (χ1v) is 10.2. The number of carbonyl (C=O) groups excluding carboxylic acids is 3. The summed E-state index contributed by atoms with van der Waals surface area (Å²) in [5.41, 5.74) is 2.83. The van der Waals surface area contributed by atoms with Gasteiger partial charge >= 0.3 is 0 Å². The molecule has 0 aliphatic carbocycles. The van der Waals surface area contributed by atoms with E-state index in [-0.39, 0.29) is 23.7 Å². The Bertz CT molecular complexity index is 1210. The maximum Gasteiger partial charge on any atom is 0.278 e. The summed E-state index contributed by atoms with van der Waals surface area (Å²) < 4.78 is 0. The average Bonchev–Trinajstić information content (AvgIpc) is 3.00. The van der Waals surface area contributed by atoms with E-state index in [0.717, 1.165) is 0 Å². The van der Waals surface area contributed by atoms with E-state index in [1.54, 1.807) is 72.9 Å². The number of imide groups is 1. The Morgan fingerprint density at radius 3 is 2.25 bits per heavy atom. The number of halogens is 1. The highest BCUT2D eigenvalue weighted by molar-refractivity contribution is 6.36. The Kier molecular flexibility index (Phi) is 6.00. The van der Waals surface area contributed by atoms with Crippen molar-refractivity contribution in [1.82, 2.24) is 9.88 Å². The van der Waals surface area contributed by atoms with Crippen LogP contribution in [-0.4, -0.2) is 27.6 Å². The Labute approximate surface area is 189 Å². The second-order valence-electron chi connectivity index (χ2n) is 7.16. The van der Waals surface area contributed by atoms with Gasteiger partial charge in [0.2, 0.25) is 5.91 Å².